The van der Waals surface area contributed by atoms with Crippen molar-refractivity contribution in [2.45, 2.75) is 32.7 Å². The van der Waals surface area contributed by atoms with Gasteiger partial charge >= 0.3 is 0 Å². The van der Waals surface area contributed by atoms with E-state index < -0.39 is 0 Å². The van der Waals surface area contributed by atoms with Gasteiger partial charge in [0.1, 0.15) is 5.75 Å². The number of aryl methyl sites for hydroxylation is 1. The molecule has 1 aromatic heterocycles. The van der Waals surface area contributed by atoms with E-state index in [1.54, 1.807) is 6.07 Å². The molecule has 0 saturated heterocycles. The molecule has 0 aliphatic heterocycles. The molecule has 18 heavy (non-hydrogen) atoms. The molecule has 0 aliphatic rings. The number of phenols is 1. The molecule has 0 spiro atoms. The summed E-state index contributed by atoms with van der Waals surface area (Å²) in [5.74, 6) is 0.337. The van der Waals surface area contributed by atoms with Crippen molar-refractivity contribution in [2.75, 3.05) is 13.6 Å². The Balaban J connectivity index is 2.41. The van der Waals surface area contributed by atoms with Gasteiger partial charge in [-0.2, -0.15) is 0 Å². The van der Waals surface area contributed by atoms with E-state index in [4.69, 9.17) is 0 Å². The van der Waals surface area contributed by atoms with Crippen LogP contribution in [-0.4, -0.2) is 23.3 Å². The van der Waals surface area contributed by atoms with Gasteiger partial charge in [0.2, 0.25) is 0 Å². The van der Waals surface area contributed by atoms with Crippen molar-refractivity contribution in [1.29, 1.82) is 0 Å². The maximum Gasteiger partial charge on any atom is 0.117 e. The fraction of sp³-hybridized carbons (Fsp3) is 0.467. The number of phenolic OH excluding ortho intramolecular Hbond substituents is 1. The molecule has 0 atom stereocenters. The number of hydrogen-bond donors (Lipinski definition) is 2. The molecular formula is C15H22N2O. The molecule has 3 heteroatoms. The largest absolute Gasteiger partial charge is 0.508 e. The third kappa shape index (κ3) is 2.51. The maximum atomic E-state index is 9.64. The minimum atomic E-state index is 0.337. The average Bonchev–Trinajstić information content (AvgIpc) is 2.67. The van der Waals surface area contributed by atoms with Crippen LogP contribution in [0.3, 0.4) is 0 Å². The summed E-state index contributed by atoms with van der Waals surface area (Å²) in [4.78, 5) is 0. The van der Waals surface area contributed by atoms with Crippen LogP contribution in [0.25, 0.3) is 10.9 Å². The molecule has 0 saturated carbocycles. The summed E-state index contributed by atoms with van der Waals surface area (Å²) in [6, 6.07) is 8.26. The Morgan fingerprint density at radius 1 is 1.28 bits per heavy atom. The van der Waals surface area contributed by atoms with E-state index in [1.807, 2.05) is 19.2 Å². The minimum absolute atomic E-state index is 0.337. The van der Waals surface area contributed by atoms with E-state index in [2.05, 4.69) is 29.8 Å². The number of nitrogens with one attached hydrogen (secondary N) is 1. The van der Waals surface area contributed by atoms with Crippen molar-refractivity contribution in [1.82, 2.24) is 9.88 Å². The quantitative estimate of drug-likeness (QED) is 0.796. The number of nitrogens with zero attached hydrogens (tertiary/aromatic N) is 1. The Labute approximate surface area is 108 Å². The van der Waals surface area contributed by atoms with Gasteiger partial charge < -0.3 is 15.0 Å². The smallest absolute Gasteiger partial charge is 0.117 e. The molecule has 98 valence electrons. The predicted octanol–water partition coefficient (Wildman–Crippen LogP) is 3.08. The number of aromatic hydroxyl groups is 1. The van der Waals surface area contributed by atoms with Gasteiger partial charge in [-0.3, -0.25) is 0 Å². The Kier molecular flexibility index (Phi) is 3.92. The summed E-state index contributed by atoms with van der Waals surface area (Å²) in [5.41, 5.74) is 2.48. The average molecular weight is 246 g/mol. The second-order valence-corrected chi connectivity index (χ2v) is 5.05. The summed E-state index contributed by atoms with van der Waals surface area (Å²) in [6.45, 7) is 5.40. The molecule has 0 aliphatic carbocycles. The van der Waals surface area contributed by atoms with Crippen LogP contribution in [0.15, 0.2) is 24.3 Å². The van der Waals surface area contributed by atoms with Gasteiger partial charge in [-0.1, -0.05) is 0 Å². The summed E-state index contributed by atoms with van der Waals surface area (Å²) in [5, 5.41) is 14.0. The highest BCUT2D eigenvalue weighted by Gasteiger charge is 2.11. The lowest BCUT2D eigenvalue weighted by atomic mass is 10.2. The summed E-state index contributed by atoms with van der Waals surface area (Å²) < 4.78 is 2.32. The van der Waals surface area contributed by atoms with E-state index in [-0.39, 0.29) is 0 Å². The molecule has 2 rings (SSSR count). The van der Waals surface area contributed by atoms with Crippen LogP contribution >= 0.6 is 0 Å². The minimum Gasteiger partial charge on any atom is -0.508 e. The molecule has 1 heterocycles. The summed E-state index contributed by atoms with van der Waals surface area (Å²) >= 11 is 0. The Hall–Kier alpha value is -1.48. The highest BCUT2D eigenvalue weighted by atomic mass is 16.3. The maximum absolute atomic E-state index is 9.64. The Morgan fingerprint density at radius 3 is 2.72 bits per heavy atom. The van der Waals surface area contributed by atoms with Crippen LogP contribution in [0.5, 0.6) is 5.75 Å². The van der Waals surface area contributed by atoms with Crippen molar-refractivity contribution in [2.24, 2.45) is 0 Å². The highest BCUT2D eigenvalue weighted by molar-refractivity contribution is 5.83. The van der Waals surface area contributed by atoms with Crippen molar-refractivity contribution < 1.29 is 5.11 Å². The van der Waals surface area contributed by atoms with E-state index in [1.165, 1.54) is 11.1 Å². The molecule has 3 nitrogen and oxygen atoms in total. The molecule has 1 aromatic carbocycles. The molecular weight excluding hydrogens is 224 g/mol. The van der Waals surface area contributed by atoms with Crippen molar-refractivity contribution in [3.8, 4) is 5.75 Å². The molecule has 0 bridgehead atoms. The number of fused-ring (bicyclic) bond motifs is 1. The van der Waals surface area contributed by atoms with Crippen molar-refractivity contribution in [3.63, 3.8) is 0 Å². The highest BCUT2D eigenvalue weighted by Crippen LogP contribution is 2.27. The van der Waals surface area contributed by atoms with Gasteiger partial charge in [-0.25, -0.2) is 0 Å². The van der Waals surface area contributed by atoms with E-state index in [0.29, 0.717) is 11.8 Å². The number of hydrogen-bond acceptors (Lipinski definition) is 2. The fourth-order valence-electron chi connectivity index (χ4n) is 2.52. The fourth-order valence-corrected chi connectivity index (χ4v) is 2.52. The monoisotopic (exact) mass is 246 g/mol. The van der Waals surface area contributed by atoms with E-state index in [0.717, 1.165) is 24.9 Å². The number of benzene rings is 1. The Bertz CT molecular complexity index is 529. The van der Waals surface area contributed by atoms with E-state index in [9.17, 15) is 5.11 Å². The molecule has 0 fully saturated rings. The van der Waals surface area contributed by atoms with Crippen molar-refractivity contribution >= 4 is 10.9 Å². The standard InChI is InChI=1S/C15H22N2O/c1-11(2)17-13(5-4-8-16-3)9-12-6-7-14(18)10-15(12)17/h6-7,9-11,16,18H,4-5,8H2,1-3H3. The third-order valence-electron chi connectivity index (χ3n) is 3.28. The normalized spacial score (nSPS) is 11.6. The van der Waals surface area contributed by atoms with Crippen LogP contribution in [0.1, 0.15) is 32.0 Å². The third-order valence-corrected chi connectivity index (χ3v) is 3.28. The van der Waals surface area contributed by atoms with Gasteiger partial charge in [-0.15, -0.1) is 0 Å². The summed E-state index contributed by atoms with van der Waals surface area (Å²) in [7, 11) is 1.98. The molecule has 2 aromatic rings. The van der Waals surface area contributed by atoms with Gasteiger partial charge in [0.05, 0.1) is 5.52 Å². The van der Waals surface area contributed by atoms with Crippen LogP contribution in [0.2, 0.25) is 0 Å². The zero-order chi connectivity index (χ0) is 13.1. The zero-order valence-electron chi connectivity index (χ0n) is 11.4. The molecule has 0 unspecified atom stereocenters. The van der Waals surface area contributed by atoms with Crippen LogP contribution in [0, 0.1) is 0 Å². The number of rotatable bonds is 5. The van der Waals surface area contributed by atoms with E-state index >= 15 is 0 Å². The van der Waals surface area contributed by atoms with Gasteiger partial charge in [0.15, 0.2) is 0 Å². The van der Waals surface area contributed by atoms with Gasteiger partial charge in [-0.05, 0) is 58.5 Å². The first-order valence-corrected chi connectivity index (χ1v) is 6.61. The van der Waals surface area contributed by atoms with Crippen LogP contribution < -0.4 is 5.32 Å². The van der Waals surface area contributed by atoms with Crippen LogP contribution in [0.4, 0.5) is 0 Å². The second-order valence-electron chi connectivity index (χ2n) is 5.05. The predicted molar refractivity (Wildman–Crippen MR) is 76.2 cm³/mol. The molecule has 0 radical (unpaired) electrons. The zero-order valence-corrected chi connectivity index (χ0v) is 11.4. The molecule has 0 amide bonds. The van der Waals surface area contributed by atoms with Crippen molar-refractivity contribution in [3.05, 3.63) is 30.0 Å². The lowest BCUT2D eigenvalue weighted by molar-refractivity contribution is 0.475. The first-order valence-electron chi connectivity index (χ1n) is 6.61. The van der Waals surface area contributed by atoms with Gasteiger partial charge in [0.25, 0.3) is 0 Å². The topological polar surface area (TPSA) is 37.2 Å². The van der Waals surface area contributed by atoms with Gasteiger partial charge in [0, 0.05) is 23.2 Å². The SMILES string of the molecule is CNCCCc1cc2ccc(O)cc2n1C(C)C. The Morgan fingerprint density at radius 2 is 2.06 bits per heavy atom. The molecule has 2 N–H and O–H groups in total. The first kappa shape index (κ1) is 13.0. The first-order chi connectivity index (χ1) is 8.63. The lowest BCUT2D eigenvalue weighted by Gasteiger charge is -2.14. The lowest BCUT2D eigenvalue weighted by Crippen LogP contribution is -2.11. The second kappa shape index (κ2) is 5.44. The van der Waals surface area contributed by atoms with Crippen LogP contribution in [-0.2, 0) is 6.42 Å². The summed E-state index contributed by atoms with van der Waals surface area (Å²) in [6.07, 6.45) is 2.19. The number of aromatic nitrogens is 1.